The number of methoxy groups -OCH3 is 3. The second-order valence-corrected chi connectivity index (χ2v) is 3.11. The van der Waals surface area contributed by atoms with Crippen LogP contribution >= 0.6 is 0 Å². The van der Waals surface area contributed by atoms with Gasteiger partial charge in [0.2, 0.25) is 5.91 Å². The van der Waals surface area contributed by atoms with Crippen LogP contribution in [0, 0.1) is 0 Å². The average molecular weight is 241 g/mol. The van der Waals surface area contributed by atoms with Crippen molar-refractivity contribution in [2.75, 3.05) is 33.3 Å². The largest absolute Gasteiger partial charge is 0.494 e. The van der Waals surface area contributed by atoms with E-state index in [0.29, 0.717) is 22.9 Å². The summed E-state index contributed by atoms with van der Waals surface area (Å²) in [6, 6.07) is 3.15. The van der Waals surface area contributed by atoms with Crippen LogP contribution < -0.4 is 19.5 Å². The standard InChI is InChI=1S/C11H15NO5/c1-15-8-5-10(17-3)9(16-2)4-7(8)12-11(14)6-13/h4-5,13H,6H2,1-3H3,(H,12,14). The van der Waals surface area contributed by atoms with Crippen LogP contribution in [0.3, 0.4) is 0 Å². The van der Waals surface area contributed by atoms with E-state index in [1.165, 1.54) is 21.3 Å². The van der Waals surface area contributed by atoms with Gasteiger partial charge in [0.25, 0.3) is 0 Å². The van der Waals surface area contributed by atoms with Gasteiger partial charge in [0, 0.05) is 12.1 Å². The Bertz CT molecular complexity index is 405. The Labute approximate surface area is 99.1 Å². The van der Waals surface area contributed by atoms with Crippen LogP contribution in [0.4, 0.5) is 5.69 Å². The summed E-state index contributed by atoms with van der Waals surface area (Å²) in [5.74, 6) is 0.841. The fourth-order valence-corrected chi connectivity index (χ4v) is 1.32. The lowest BCUT2D eigenvalue weighted by Gasteiger charge is -2.14. The third-order valence-corrected chi connectivity index (χ3v) is 2.12. The van der Waals surface area contributed by atoms with Crippen molar-refractivity contribution < 1.29 is 24.1 Å². The van der Waals surface area contributed by atoms with Gasteiger partial charge in [0.15, 0.2) is 11.5 Å². The Morgan fingerprint density at radius 1 is 1.12 bits per heavy atom. The van der Waals surface area contributed by atoms with Gasteiger partial charge in [-0.25, -0.2) is 0 Å². The van der Waals surface area contributed by atoms with Gasteiger partial charge in [-0.1, -0.05) is 0 Å². The number of nitrogens with one attached hydrogen (secondary N) is 1. The fraction of sp³-hybridized carbons (Fsp3) is 0.364. The van der Waals surface area contributed by atoms with Crippen molar-refractivity contribution in [3.05, 3.63) is 12.1 Å². The first kappa shape index (κ1) is 13.1. The smallest absolute Gasteiger partial charge is 0.250 e. The topological polar surface area (TPSA) is 77.0 Å². The van der Waals surface area contributed by atoms with Gasteiger partial charge in [0.1, 0.15) is 12.4 Å². The van der Waals surface area contributed by atoms with E-state index in [1.54, 1.807) is 12.1 Å². The summed E-state index contributed by atoms with van der Waals surface area (Å²) in [6.07, 6.45) is 0. The molecule has 0 aliphatic rings. The van der Waals surface area contributed by atoms with Crippen LogP contribution in [0.1, 0.15) is 0 Å². The van der Waals surface area contributed by atoms with Crippen LogP contribution in [0.15, 0.2) is 12.1 Å². The minimum atomic E-state index is -0.600. The predicted octanol–water partition coefficient (Wildman–Crippen LogP) is 0.643. The van der Waals surface area contributed by atoms with Gasteiger partial charge < -0.3 is 24.6 Å². The number of hydrogen-bond acceptors (Lipinski definition) is 5. The van der Waals surface area contributed by atoms with Crippen LogP contribution in [0.2, 0.25) is 0 Å². The van der Waals surface area contributed by atoms with E-state index in [4.69, 9.17) is 19.3 Å². The molecule has 6 heteroatoms. The molecule has 1 aromatic rings. The molecule has 1 aromatic carbocycles. The molecule has 0 radical (unpaired) electrons. The molecule has 0 aliphatic carbocycles. The minimum Gasteiger partial charge on any atom is -0.494 e. The number of amides is 1. The third kappa shape index (κ3) is 3.01. The van der Waals surface area contributed by atoms with E-state index in [1.807, 2.05) is 0 Å². The van der Waals surface area contributed by atoms with Crippen molar-refractivity contribution in [2.45, 2.75) is 0 Å². The van der Waals surface area contributed by atoms with Crippen LogP contribution in [0.25, 0.3) is 0 Å². The number of aliphatic hydroxyl groups is 1. The van der Waals surface area contributed by atoms with Gasteiger partial charge in [-0.3, -0.25) is 4.79 Å². The lowest BCUT2D eigenvalue weighted by molar-refractivity contribution is -0.118. The number of aliphatic hydroxyl groups excluding tert-OH is 1. The van der Waals surface area contributed by atoms with Gasteiger partial charge in [-0.15, -0.1) is 0 Å². The molecule has 2 N–H and O–H groups in total. The summed E-state index contributed by atoms with van der Waals surface area (Å²) >= 11 is 0. The zero-order chi connectivity index (χ0) is 12.8. The molecule has 0 spiro atoms. The zero-order valence-electron chi connectivity index (χ0n) is 9.94. The molecule has 0 heterocycles. The normalized spacial score (nSPS) is 9.65. The SMILES string of the molecule is COc1cc(OC)c(OC)cc1NC(=O)CO. The molecule has 0 atom stereocenters. The Morgan fingerprint density at radius 3 is 2.12 bits per heavy atom. The van der Waals surface area contributed by atoms with E-state index in [2.05, 4.69) is 5.32 Å². The highest BCUT2D eigenvalue weighted by Gasteiger charge is 2.13. The Hall–Kier alpha value is -1.95. The Balaban J connectivity index is 3.14. The van der Waals surface area contributed by atoms with Crippen LogP contribution in [-0.4, -0.2) is 38.9 Å². The van der Waals surface area contributed by atoms with Crippen molar-refractivity contribution in [3.63, 3.8) is 0 Å². The first-order valence-corrected chi connectivity index (χ1v) is 4.87. The molecule has 94 valence electrons. The van der Waals surface area contributed by atoms with Crippen molar-refractivity contribution in [3.8, 4) is 17.2 Å². The van der Waals surface area contributed by atoms with E-state index < -0.39 is 12.5 Å². The minimum absolute atomic E-state index is 0.407. The number of rotatable bonds is 5. The summed E-state index contributed by atoms with van der Waals surface area (Å²) in [5, 5.41) is 11.2. The van der Waals surface area contributed by atoms with Crippen molar-refractivity contribution in [1.29, 1.82) is 0 Å². The molecule has 0 aromatic heterocycles. The van der Waals surface area contributed by atoms with Crippen LogP contribution in [-0.2, 0) is 4.79 Å². The van der Waals surface area contributed by atoms with E-state index in [-0.39, 0.29) is 0 Å². The summed E-state index contributed by atoms with van der Waals surface area (Å²) in [4.78, 5) is 11.1. The van der Waals surface area contributed by atoms with E-state index in [0.717, 1.165) is 0 Å². The molecule has 0 aliphatic heterocycles. The van der Waals surface area contributed by atoms with Crippen LogP contribution in [0.5, 0.6) is 17.2 Å². The second kappa shape index (κ2) is 5.95. The zero-order valence-corrected chi connectivity index (χ0v) is 9.94. The summed E-state index contributed by atoms with van der Waals surface area (Å²) in [6.45, 7) is -0.600. The number of anilines is 1. The Kier molecular flexibility index (Phi) is 4.59. The highest BCUT2D eigenvalue weighted by molar-refractivity contribution is 5.93. The highest BCUT2D eigenvalue weighted by Crippen LogP contribution is 2.37. The number of carbonyl (C=O) groups is 1. The number of benzene rings is 1. The number of ether oxygens (including phenoxy) is 3. The lowest BCUT2D eigenvalue weighted by Crippen LogP contribution is -2.16. The molecule has 0 saturated carbocycles. The van der Waals surface area contributed by atoms with Gasteiger partial charge in [0.05, 0.1) is 27.0 Å². The molecular weight excluding hydrogens is 226 g/mol. The second-order valence-electron chi connectivity index (χ2n) is 3.11. The lowest BCUT2D eigenvalue weighted by atomic mass is 10.2. The maximum Gasteiger partial charge on any atom is 0.250 e. The summed E-state index contributed by atoms with van der Waals surface area (Å²) < 4.78 is 15.3. The molecule has 0 unspecified atom stereocenters. The molecule has 1 amide bonds. The molecular formula is C11H15NO5. The first-order valence-electron chi connectivity index (χ1n) is 4.87. The van der Waals surface area contributed by atoms with Crippen molar-refractivity contribution in [2.24, 2.45) is 0 Å². The quantitative estimate of drug-likeness (QED) is 0.791. The Morgan fingerprint density at radius 2 is 1.65 bits per heavy atom. The van der Waals surface area contributed by atoms with Crippen molar-refractivity contribution in [1.82, 2.24) is 0 Å². The monoisotopic (exact) mass is 241 g/mol. The summed E-state index contributed by atoms with van der Waals surface area (Å²) in [7, 11) is 4.46. The maximum absolute atomic E-state index is 11.1. The maximum atomic E-state index is 11.1. The molecule has 0 fully saturated rings. The van der Waals surface area contributed by atoms with E-state index in [9.17, 15) is 4.79 Å². The predicted molar refractivity (Wildman–Crippen MR) is 61.8 cm³/mol. The number of hydrogen-bond donors (Lipinski definition) is 2. The average Bonchev–Trinajstić information content (AvgIpc) is 2.37. The van der Waals surface area contributed by atoms with Gasteiger partial charge >= 0.3 is 0 Å². The fourth-order valence-electron chi connectivity index (χ4n) is 1.32. The first-order chi connectivity index (χ1) is 8.15. The third-order valence-electron chi connectivity index (χ3n) is 2.12. The van der Waals surface area contributed by atoms with Crippen molar-refractivity contribution >= 4 is 11.6 Å². The summed E-state index contributed by atoms with van der Waals surface area (Å²) in [5.41, 5.74) is 0.407. The number of carbonyl (C=O) groups excluding carboxylic acids is 1. The highest BCUT2D eigenvalue weighted by atomic mass is 16.5. The molecule has 0 bridgehead atoms. The van der Waals surface area contributed by atoms with E-state index >= 15 is 0 Å². The molecule has 6 nitrogen and oxygen atoms in total. The van der Waals surface area contributed by atoms with Gasteiger partial charge in [-0.05, 0) is 0 Å². The molecule has 1 rings (SSSR count). The molecule has 0 saturated heterocycles. The molecule has 17 heavy (non-hydrogen) atoms. The van der Waals surface area contributed by atoms with Gasteiger partial charge in [-0.2, -0.15) is 0 Å².